The molecule has 0 unspecified atom stereocenters. The zero-order valence-corrected chi connectivity index (χ0v) is 16.9. The van der Waals surface area contributed by atoms with Crippen LogP contribution in [0, 0.1) is 0 Å². The second kappa shape index (κ2) is 7.87. The number of nitrogens with zero attached hydrogens (tertiary/aromatic N) is 4. The lowest BCUT2D eigenvalue weighted by atomic mass is 10.1. The van der Waals surface area contributed by atoms with Crippen LogP contribution in [0.3, 0.4) is 0 Å². The number of amides is 1. The number of fused-ring (bicyclic) bond motifs is 1. The number of rotatable bonds is 5. The van der Waals surface area contributed by atoms with Gasteiger partial charge in [0.1, 0.15) is 0 Å². The highest BCUT2D eigenvalue weighted by Gasteiger charge is 2.22. The average molecular weight is 384 g/mol. The van der Waals surface area contributed by atoms with Gasteiger partial charge in [-0.15, -0.1) is 0 Å². The van der Waals surface area contributed by atoms with Crippen LogP contribution in [0.5, 0.6) is 0 Å². The molecule has 2 aromatic heterocycles. The van der Waals surface area contributed by atoms with Gasteiger partial charge in [0.05, 0.1) is 22.8 Å². The van der Waals surface area contributed by atoms with Crippen molar-refractivity contribution >= 4 is 22.6 Å². The maximum atomic E-state index is 13.6. The summed E-state index contributed by atoms with van der Waals surface area (Å²) in [7, 11) is 0. The molecule has 29 heavy (non-hydrogen) atoms. The van der Waals surface area contributed by atoms with Crippen LogP contribution in [-0.2, 0) is 0 Å². The number of anilines is 1. The summed E-state index contributed by atoms with van der Waals surface area (Å²) in [6.45, 7) is 6.69. The lowest BCUT2D eigenvalue weighted by Gasteiger charge is -2.22. The monoisotopic (exact) mass is 384 g/mol. The number of hydrogen-bond acceptors (Lipinski definition) is 3. The third-order valence-corrected chi connectivity index (χ3v) is 4.99. The van der Waals surface area contributed by atoms with Gasteiger partial charge < -0.3 is 4.90 Å². The zero-order chi connectivity index (χ0) is 20.4. The lowest BCUT2D eigenvalue weighted by molar-refractivity contribution is 0.0990. The third kappa shape index (κ3) is 3.51. The molecule has 0 N–H and O–H groups in total. The van der Waals surface area contributed by atoms with Crippen molar-refractivity contribution in [1.29, 1.82) is 0 Å². The normalized spacial score (nSPS) is 11.2. The second-order valence-electron chi connectivity index (χ2n) is 7.23. The number of carbonyl (C=O) groups is 1. The molecule has 5 nitrogen and oxygen atoms in total. The van der Waals surface area contributed by atoms with Crippen LogP contribution in [0.2, 0.25) is 0 Å². The highest BCUT2D eigenvalue weighted by molar-refractivity contribution is 6.13. The Morgan fingerprint density at radius 3 is 2.31 bits per heavy atom. The third-order valence-electron chi connectivity index (χ3n) is 4.99. The maximum absolute atomic E-state index is 13.6. The summed E-state index contributed by atoms with van der Waals surface area (Å²) < 4.78 is 1.87. The van der Waals surface area contributed by atoms with E-state index in [0.717, 1.165) is 28.0 Å². The van der Waals surface area contributed by atoms with Crippen LogP contribution in [0.25, 0.3) is 22.3 Å². The minimum atomic E-state index is -0.0495. The SMILES string of the molecule is CCN(C(=O)c1cc(-c2ccccc2)nc2c1cnn2C(C)C)c1ccccc1. The Kier molecular flexibility index (Phi) is 5.12. The second-order valence-corrected chi connectivity index (χ2v) is 7.23. The summed E-state index contributed by atoms with van der Waals surface area (Å²) in [6.07, 6.45) is 1.75. The predicted molar refractivity (Wildman–Crippen MR) is 117 cm³/mol. The van der Waals surface area contributed by atoms with Crippen molar-refractivity contribution in [1.82, 2.24) is 14.8 Å². The predicted octanol–water partition coefficient (Wildman–Crippen LogP) is 5.35. The van der Waals surface area contributed by atoms with E-state index in [1.807, 2.05) is 78.3 Å². The maximum Gasteiger partial charge on any atom is 0.259 e. The van der Waals surface area contributed by atoms with Gasteiger partial charge in [-0.3, -0.25) is 4.79 Å². The molecule has 2 aromatic carbocycles. The number of carbonyl (C=O) groups excluding carboxylic acids is 1. The van der Waals surface area contributed by atoms with E-state index < -0.39 is 0 Å². The molecule has 4 aromatic rings. The van der Waals surface area contributed by atoms with E-state index in [4.69, 9.17) is 4.98 Å². The van der Waals surface area contributed by atoms with E-state index in [9.17, 15) is 4.79 Å². The van der Waals surface area contributed by atoms with Crippen molar-refractivity contribution in [3.8, 4) is 11.3 Å². The number of para-hydroxylation sites is 1. The summed E-state index contributed by atoms with van der Waals surface area (Å²) in [6, 6.07) is 21.7. The van der Waals surface area contributed by atoms with Crippen molar-refractivity contribution in [2.24, 2.45) is 0 Å². The molecule has 0 aliphatic rings. The molecule has 0 fully saturated rings. The lowest BCUT2D eigenvalue weighted by Crippen LogP contribution is -2.30. The van der Waals surface area contributed by atoms with E-state index >= 15 is 0 Å². The van der Waals surface area contributed by atoms with Crippen LogP contribution in [0.4, 0.5) is 5.69 Å². The highest BCUT2D eigenvalue weighted by atomic mass is 16.2. The molecular formula is C24H24N4O. The summed E-state index contributed by atoms with van der Waals surface area (Å²) in [5.41, 5.74) is 3.97. The van der Waals surface area contributed by atoms with Gasteiger partial charge in [0.25, 0.3) is 5.91 Å². The van der Waals surface area contributed by atoms with Gasteiger partial charge in [-0.05, 0) is 39.0 Å². The summed E-state index contributed by atoms with van der Waals surface area (Å²) in [4.78, 5) is 20.3. The topological polar surface area (TPSA) is 51.0 Å². The van der Waals surface area contributed by atoms with Gasteiger partial charge in [-0.2, -0.15) is 5.10 Å². The smallest absolute Gasteiger partial charge is 0.259 e. The molecule has 0 saturated heterocycles. The van der Waals surface area contributed by atoms with Crippen LogP contribution in [0.1, 0.15) is 37.2 Å². The summed E-state index contributed by atoms with van der Waals surface area (Å²) >= 11 is 0. The zero-order valence-electron chi connectivity index (χ0n) is 16.9. The number of aromatic nitrogens is 3. The molecule has 146 valence electrons. The molecule has 5 heteroatoms. The molecule has 0 aliphatic heterocycles. The molecule has 0 spiro atoms. The van der Waals surface area contributed by atoms with Gasteiger partial charge >= 0.3 is 0 Å². The molecule has 2 heterocycles. The van der Waals surface area contributed by atoms with Crippen LogP contribution < -0.4 is 4.90 Å². The van der Waals surface area contributed by atoms with E-state index in [2.05, 4.69) is 18.9 Å². The average Bonchev–Trinajstić information content (AvgIpc) is 3.19. The Morgan fingerprint density at radius 2 is 1.69 bits per heavy atom. The minimum absolute atomic E-state index is 0.0495. The Labute approximate surface area is 170 Å². The van der Waals surface area contributed by atoms with Gasteiger partial charge in [-0.1, -0.05) is 48.5 Å². The number of pyridine rings is 1. The van der Waals surface area contributed by atoms with E-state index in [1.54, 1.807) is 11.1 Å². The van der Waals surface area contributed by atoms with Crippen LogP contribution in [-0.4, -0.2) is 27.2 Å². The Hall–Kier alpha value is -3.47. The largest absolute Gasteiger partial charge is 0.309 e. The van der Waals surface area contributed by atoms with E-state index in [1.165, 1.54) is 0 Å². The van der Waals surface area contributed by atoms with E-state index in [-0.39, 0.29) is 11.9 Å². The van der Waals surface area contributed by atoms with Crippen molar-refractivity contribution in [3.05, 3.63) is 78.5 Å². The molecule has 1 amide bonds. The number of hydrogen-bond donors (Lipinski definition) is 0. The van der Waals surface area contributed by atoms with Gasteiger partial charge in [0, 0.05) is 23.8 Å². The van der Waals surface area contributed by atoms with Crippen molar-refractivity contribution < 1.29 is 4.79 Å². The first-order valence-electron chi connectivity index (χ1n) is 9.90. The fourth-order valence-corrected chi connectivity index (χ4v) is 3.53. The van der Waals surface area contributed by atoms with Crippen LogP contribution >= 0.6 is 0 Å². The first kappa shape index (κ1) is 18.9. The molecule has 4 rings (SSSR count). The van der Waals surface area contributed by atoms with Crippen LogP contribution in [0.15, 0.2) is 72.9 Å². The van der Waals surface area contributed by atoms with Gasteiger partial charge in [-0.25, -0.2) is 9.67 Å². The van der Waals surface area contributed by atoms with Crippen molar-refractivity contribution in [2.75, 3.05) is 11.4 Å². The molecule has 0 saturated carbocycles. The molecule has 0 aliphatic carbocycles. The van der Waals surface area contributed by atoms with Gasteiger partial charge in [0.15, 0.2) is 5.65 Å². The fourth-order valence-electron chi connectivity index (χ4n) is 3.53. The summed E-state index contributed by atoms with van der Waals surface area (Å²) in [5, 5.41) is 5.29. The van der Waals surface area contributed by atoms with Gasteiger partial charge in [0.2, 0.25) is 0 Å². The molecule has 0 bridgehead atoms. The molecule has 0 atom stereocenters. The molecule has 0 radical (unpaired) electrons. The standard InChI is InChI=1S/C24H24N4O/c1-4-27(19-13-9-6-10-14-19)24(29)20-15-22(18-11-7-5-8-12-18)26-23-21(20)16-25-28(23)17(2)3/h5-17H,4H2,1-3H3. The van der Waals surface area contributed by atoms with Crippen molar-refractivity contribution in [2.45, 2.75) is 26.8 Å². The summed E-state index contributed by atoms with van der Waals surface area (Å²) in [5.74, 6) is -0.0495. The first-order valence-corrected chi connectivity index (χ1v) is 9.90. The fraction of sp³-hybridized carbons (Fsp3) is 0.208. The minimum Gasteiger partial charge on any atom is -0.309 e. The molecular weight excluding hydrogens is 360 g/mol. The first-order chi connectivity index (χ1) is 14.1. The quantitative estimate of drug-likeness (QED) is 0.466. The van der Waals surface area contributed by atoms with Crippen molar-refractivity contribution in [3.63, 3.8) is 0 Å². The Balaban J connectivity index is 1.92. The Morgan fingerprint density at radius 1 is 1.03 bits per heavy atom. The van der Waals surface area contributed by atoms with E-state index in [0.29, 0.717) is 12.1 Å². The highest BCUT2D eigenvalue weighted by Crippen LogP contribution is 2.28. The number of benzene rings is 2. The Bertz CT molecular complexity index is 1130.